The fraction of sp³-hybridized carbons (Fsp3) is 0.588. The number of fused-ring (bicyclic) bond motifs is 3. The summed E-state index contributed by atoms with van der Waals surface area (Å²) in [5.41, 5.74) is 4.59. The van der Waals surface area contributed by atoms with Gasteiger partial charge in [-0.2, -0.15) is 11.8 Å². The van der Waals surface area contributed by atoms with Gasteiger partial charge < -0.3 is 15.2 Å². The Morgan fingerprint density at radius 2 is 1.25 bits per heavy atom. The predicted octanol–water partition coefficient (Wildman–Crippen LogP) is 9.19. The van der Waals surface area contributed by atoms with Crippen LogP contribution in [-0.4, -0.2) is 41.3 Å². The zero-order valence-electron chi connectivity index (χ0n) is 24.4. The molecule has 2 aromatic carbocycles. The van der Waals surface area contributed by atoms with Gasteiger partial charge in [-0.15, -0.1) is 0 Å². The van der Waals surface area contributed by atoms with Crippen LogP contribution in [0.1, 0.15) is 114 Å². The highest BCUT2D eigenvalue weighted by Gasteiger charge is 2.29. The van der Waals surface area contributed by atoms with Crippen molar-refractivity contribution in [2.24, 2.45) is 0 Å². The van der Waals surface area contributed by atoms with Gasteiger partial charge in [-0.1, -0.05) is 139 Å². The molecule has 0 heterocycles. The quantitative estimate of drug-likeness (QED) is 0.147. The summed E-state index contributed by atoms with van der Waals surface area (Å²) < 4.78 is 5.53. The van der Waals surface area contributed by atoms with E-state index in [0.717, 1.165) is 34.4 Å². The van der Waals surface area contributed by atoms with Crippen molar-refractivity contribution in [2.75, 3.05) is 18.1 Å². The van der Waals surface area contributed by atoms with Crippen molar-refractivity contribution in [3.05, 3.63) is 59.7 Å². The number of rotatable bonds is 21. The standard InChI is InChI=1S/C34H49NO4S/c1-2-3-4-5-6-7-8-9-10-11-12-13-14-19-24-40-26-32(33(36)37)35-34(38)39-25-31-29-22-17-15-20-27(29)28-21-16-18-23-30(28)31/h15-18,20-23,31-32H,2-14,19,24-26H2,1H3,(H,35,38)(H,36,37)/t32-/m0/s1. The molecule has 5 nitrogen and oxygen atoms in total. The van der Waals surface area contributed by atoms with E-state index >= 15 is 0 Å². The third-order valence-electron chi connectivity index (χ3n) is 7.86. The summed E-state index contributed by atoms with van der Waals surface area (Å²) in [5, 5.41) is 12.2. The van der Waals surface area contributed by atoms with Crippen LogP contribution in [0.3, 0.4) is 0 Å². The van der Waals surface area contributed by atoms with Crippen molar-refractivity contribution in [1.82, 2.24) is 5.32 Å². The van der Waals surface area contributed by atoms with Crippen LogP contribution in [0.15, 0.2) is 48.5 Å². The fourth-order valence-corrected chi connectivity index (χ4v) is 6.59. The van der Waals surface area contributed by atoms with E-state index in [1.165, 1.54) is 83.5 Å². The number of carboxylic acid groups (broad SMARTS) is 1. The lowest BCUT2D eigenvalue weighted by Crippen LogP contribution is -2.43. The van der Waals surface area contributed by atoms with Gasteiger partial charge in [0.1, 0.15) is 12.6 Å². The van der Waals surface area contributed by atoms with Gasteiger partial charge in [0, 0.05) is 11.7 Å². The maximum absolute atomic E-state index is 12.5. The molecule has 0 saturated carbocycles. The SMILES string of the molecule is CCCCCCCCCCCCCCCCSC[C@H](NC(=O)OCC1c2ccccc2-c2ccccc21)C(=O)O. The van der Waals surface area contributed by atoms with Crippen molar-refractivity contribution in [3.8, 4) is 11.1 Å². The summed E-state index contributed by atoms with van der Waals surface area (Å²) in [4.78, 5) is 24.2. The Balaban J connectivity index is 1.23. The maximum atomic E-state index is 12.5. The number of benzene rings is 2. The first-order valence-corrected chi connectivity index (χ1v) is 16.7. The molecule has 1 amide bonds. The molecule has 0 aliphatic heterocycles. The Labute approximate surface area is 245 Å². The van der Waals surface area contributed by atoms with Crippen LogP contribution in [-0.2, 0) is 9.53 Å². The first-order chi connectivity index (χ1) is 19.6. The summed E-state index contributed by atoms with van der Waals surface area (Å²) in [5.74, 6) is 0.185. The second-order valence-corrected chi connectivity index (χ2v) is 12.2. The van der Waals surface area contributed by atoms with Crippen LogP contribution in [0.25, 0.3) is 11.1 Å². The van der Waals surface area contributed by atoms with Gasteiger partial charge in [-0.25, -0.2) is 9.59 Å². The van der Waals surface area contributed by atoms with E-state index in [1.807, 2.05) is 24.3 Å². The molecule has 0 unspecified atom stereocenters. The molecule has 6 heteroatoms. The van der Waals surface area contributed by atoms with Gasteiger partial charge in [0.25, 0.3) is 0 Å². The zero-order valence-corrected chi connectivity index (χ0v) is 25.2. The number of carboxylic acids is 1. The Hall–Kier alpha value is -2.47. The average Bonchev–Trinajstić information content (AvgIpc) is 3.28. The number of aliphatic carboxylic acids is 1. The van der Waals surface area contributed by atoms with E-state index in [-0.39, 0.29) is 12.5 Å². The van der Waals surface area contributed by atoms with Gasteiger partial charge in [0.2, 0.25) is 0 Å². The summed E-state index contributed by atoms with van der Waals surface area (Å²) in [7, 11) is 0. The first-order valence-electron chi connectivity index (χ1n) is 15.5. The zero-order chi connectivity index (χ0) is 28.4. The number of hydrogen-bond donors (Lipinski definition) is 2. The summed E-state index contributed by atoms with van der Waals surface area (Å²) in [6.07, 6.45) is 17.9. The number of alkyl carbamates (subject to hydrolysis) is 1. The molecule has 1 atom stereocenters. The molecule has 40 heavy (non-hydrogen) atoms. The summed E-state index contributed by atoms with van der Waals surface area (Å²) in [6.45, 7) is 2.45. The maximum Gasteiger partial charge on any atom is 0.407 e. The highest BCUT2D eigenvalue weighted by Crippen LogP contribution is 2.44. The molecule has 220 valence electrons. The van der Waals surface area contributed by atoms with Gasteiger partial charge in [0.05, 0.1) is 0 Å². The van der Waals surface area contributed by atoms with Gasteiger partial charge in [0.15, 0.2) is 0 Å². The van der Waals surface area contributed by atoms with Crippen LogP contribution in [0.5, 0.6) is 0 Å². The van der Waals surface area contributed by atoms with E-state index in [0.29, 0.717) is 5.75 Å². The fourth-order valence-electron chi connectivity index (χ4n) is 5.56. The second kappa shape index (κ2) is 18.8. The molecule has 0 bridgehead atoms. The minimum atomic E-state index is -1.03. The van der Waals surface area contributed by atoms with E-state index in [9.17, 15) is 14.7 Å². The van der Waals surface area contributed by atoms with Crippen molar-refractivity contribution in [3.63, 3.8) is 0 Å². The van der Waals surface area contributed by atoms with E-state index in [2.05, 4.69) is 36.5 Å². The molecule has 0 aromatic heterocycles. The Bertz CT molecular complexity index is 981. The number of amides is 1. The van der Waals surface area contributed by atoms with Crippen molar-refractivity contribution in [1.29, 1.82) is 0 Å². The number of thioether (sulfide) groups is 1. The van der Waals surface area contributed by atoms with E-state index in [1.54, 1.807) is 11.8 Å². The molecule has 3 rings (SSSR count). The number of nitrogens with one attached hydrogen (secondary N) is 1. The van der Waals surface area contributed by atoms with E-state index < -0.39 is 18.1 Å². The van der Waals surface area contributed by atoms with Gasteiger partial charge in [-0.3, -0.25) is 0 Å². The Morgan fingerprint density at radius 1 is 0.775 bits per heavy atom. The molecule has 2 aromatic rings. The number of hydrogen-bond acceptors (Lipinski definition) is 4. The third kappa shape index (κ3) is 10.8. The monoisotopic (exact) mass is 567 g/mol. The minimum Gasteiger partial charge on any atom is -0.480 e. The molecule has 0 spiro atoms. The van der Waals surface area contributed by atoms with Gasteiger partial charge in [-0.05, 0) is 34.4 Å². The number of unbranched alkanes of at least 4 members (excludes halogenated alkanes) is 13. The van der Waals surface area contributed by atoms with E-state index in [4.69, 9.17) is 4.74 Å². The van der Waals surface area contributed by atoms with Crippen molar-refractivity contribution >= 4 is 23.8 Å². The lowest BCUT2D eigenvalue weighted by atomic mass is 9.98. The summed E-state index contributed by atoms with van der Waals surface area (Å²) >= 11 is 1.59. The predicted molar refractivity (Wildman–Crippen MR) is 167 cm³/mol. The second-order valence-electron chi connectivity index (χ2n) is 11.0. The molecule has 1 aliphatic carbocycles. The molecular formula is C34H49NO4S. The number of carbonyl (C=O) groups excluding carboxylic acids is 1. The lowest BCUT2D eigenvalue weighted by Gasteiger charge is -2.17. The topological polar surface area (TPSA) is 75.6 Å². The van der Waals surface area contributed by atoms with Crippen LogP contribution >= 0.6 is 11.8 Å². The highest BCUT2D eigenvalue weighted by atomic mass is 32.2. The molecular weight excluding hydrogens is 518 g/mol. The van der Waals surface area contributed by atoms with Crippen molar-refractivity contribution < 1.29 is 19.4 Å². The lowest BCUT2D eigenvalue weighted by molar-refractivity contribution is -0.138. The molecule has 0 fully saturated rings. The van der Waals surface area contributed by atoms with Crippen LogP contribution in [0, 0.1) is 0 Å². The molecule has 0 radical (unpaired) electrons. The Kier molecular flexibility index (Phi) is 15.1. The van der Waals surface area contributed by atoms with Crippen LogP contribution < -0.4 is 5.32 Å². The number of carbonyl (C=O) groups is 2. The van der Waals surface area contributed by atoms with Crippen LogP contribution in [0.2, 0.25) is 0 Å². The molecule has 2 N–H and O–H groups in total. The first kappa shape index (κ1) is 32.0. The normalized spacial score (nSPS) is 13.0. The average molecular weight is 568 g/mol. The largest absolute Gasteiger partial charge is 0.480 e. The minimum absolute atomic E-state index is 0.0453. The third-order valence-corrected chi connectivity index (χ3v) is 9.01. The molecule has 0 saturated heterocycles. The Morgan fingerprint density at radius 3 is 1.75 bits per heavy atom. The summed E-state index contributed by atoms with van der Waals surface area (Å²) in [6, 6.07) is 15.4. The molecule has 1 aliphatic rings. The smallest absolute Gasteiger partial charge is 0.407 e. The van der Waals surface area contributed by atoms with Crippen LogP contribution in [0.4, 0.5) is 4.79 Å². The van der Waals surface area contributed by atoms with Crippen molar-refractivity contribution in [2.45, 2.75) is 109 Å². The number of ether oxygens (including phenoxy) is 1. The highest BCUT2D eigenvalue weighted by molar-refractivity contribution is 7.99. The van der Waals surface area contributed by atoms with Gasteiger partial charge >= 0.3 is 12.1 Å².